The van der Waals surface area contributed by atoms with Crippen LogP contribution in [0.1, 0.15) is 11.1 Å². The first kappa shape index (κ1) is 31.8. The average Bonchev–Trinajstić information content (AvgIpc) is 2.85. The van der Waals surface area contributed by atoms with Gasteiger partial charge >= 0.3 is 11.9 Å². The number of hydrogen-bond donors (Lipinski definition) is 8. The van der Waals surface area contributed by atoms with Crippen LogP contribution in [0.2, 0.25) is 0 Å². The Bertz CT molecular complexity index is 923. The van der Waals surface area contributed by atoms with Gasteiger partial charge in [-0.15, -0.1) is 0 Å². The third kappa shape index (κ3) is 14.1. The molecule has 2 aromatic carbocycles. The van der Waals surface area contributed by atoms with Crippen LogP contribution in [0.25, 0.3) is 0 Å². The monoisotopic (exact) mass is 510 g/mol. The molecule has 2 rings (SSSR count). The number of aliphatic hydroxyl groups is 2. The van der Waals surface area contributed by atoms with Crippen molar-refractivity contribution < 1.29 is 49.1 Å². The number of aliphatic hydroxyl groups excluding tert-OH is 2. The first-order valence-electron chi connectivity index (χ1n) is 10.1. The molecule has 10 N–H and O–H groups in total. The van der Waals surface area contributed by atoms with E-state index in [0.717, 1.165) is 11.1 Å². The summed E-state index contributed by atoms with van der Waals surface area (Å²) in [5.74, 6) is 6.88. The molecule has 0 fully saturated rings. The Labute approximate surface area is 206 Å². The second-order valence-corrected chi connectivity index (χ2v) is 6.91. The fourth-order valence-corrected chi connectivity index (χ4v) is 2.06. The summed E-state index contributed by atoms with van der Waals surface area (Å²) in [4.78, 5) is 41.0. The number of aryl methyl sites for hydroxylation is 2. The lowest BCUT2D eigenvalue weighted by Gasteiger charge is -2.07. The molecule has 14 heteroatoms. The van der Waals surface area contributed by atoms with Crippen LogP contribution in [0.5, 0.6) is 11.5 Å². The highest BCUT2D eigenvalue weighted by molar-refractivity contribution is 5.83. The third-order valence-electron chi connectivity index (χ3n) is 3.85. The Morgan fingerprint density at radius 2 is 1.08 bits per heavy atom. The third-order valence-corrected chi connectivity index (χ3v) is 3.85. The highest BCUT2D eigenvalue weighted by Crippen LogP contribution is 2.12. The van der Waals surface area contributed by atoms with Gasteiger partial charge in [0, 0.05) is 0 Å². The Kier molecular flexibility index (Phi) is 15.2. The van der Waals surface area contributed by atoms with Crippen molar-refractivity contribution in [2.75, 3.05) is 13.2 Å². The lowest BCUT2D eigenvalue weighted by molar-refractivity contribution is -0.165. The van der Waals surface area contributed by atoms with Crippen LogP contribution >= 0.6 is 0 Å². The van der Waals surface area contributed by atoms with Crippen molar-refractivity contribution in [2.45, 2.75) is 26.1 Å². The van der Waals surface area contributed by atoms with Gasteiger partial charge in [-0.2, -0.15) is 0 Å². The minimum absolute atomic E-state index is 0.0556. The zero-order valence-electron chi connectivity index (χ0n) is 19.6. The lowest BCUT2D eigenvalue weighted by Crippen LogP contribution is -2.39. The molecule has 0 aliphatic carbocycles. The quantitative estimate of drug-likeness (QED) is 0.110. The number of rotatable bonds is 9. The number of carboxylic acids is 2. The fraction of sp³-hybridized carbons (Fsp3) is 0.273. The molecule has 2 amide bonds. The van der Waals surface area contributed by atoms with Crippen molar-refractivity contribution >= 4 is 23.8 Å². The summed E-state index contributed by atoms with van der Waals surface area (Å²) >= 11 is 0. The van der Waals surface area contributed by atoms with Crippen molar-refractivity contribution in [2.24, 2.45) is 11.7 Å². The number of hydrazine groups is 2. The number of carboxylic acid groups (broad SMARTS) is 2. The van der Waals surface area contributed by atoms with E-state index in [1.54, 1.807) is 12.1 Å². The number of aliphatic carboxylic acids is 2. The van der Waals surface area contributed by atoms with Gasteiger partial charge in [0.15, 0.2) is 25.4 Å². The van der Waals surface area contributed by atoms with E-state index in [0.29, 0.717) is 11.5 Å². The predicted octanol–water partition coefficient (Wildman–Crippen LogP) is -1.40. The number of amides is 2. The molecule has 14 nitrogen and oxygen atoms in total. The van der Waals surface area contributed by atoms with Gasteiger partial charge in [0.1, 0.15) is 11.5 Å². The fourth-order valence-electron chi connectivity index (χ4n) is 2.06. The lowest BCUT2D eigenvalue weighted by atomic mass is 10.2. The molecule has 0 saturated heterocycles. The Morgan fingerprint density at radius 3 is 1.33 bits per heavy atom. The molecule has 2 unspecified atom stereocenters. The van der Waals surface area contributed by atoms with Crippen LogP contribution in [0.3, 0.4) is 0 Å². The van der Waals surface area contributed by atoms with Gasteiger partial charge < -0.3 is 29.9 Å². The topological polar surface area (TPSA) is 244 Å². The molecule has 0 saturated carbocycles. The molecule has 0 aromatic heterocycles. The number of benzene rings is 2. The van der Waals surface area contributed by atoms with E-state index >= 15 is 0 Å². The summed E-state index contributed by atoms with van der Waals surface area (Å²) in [5.41, 5.74) is 6.15. The molecule has 0 radical (unpaired) electrons. The van der Waals surface area contributed by atoms with Crippen LogP contribution in [-0.4, -0.2) is 69.6 Å². The van der Waals surface area contributed by atoms with Crippen molar-refractivity contribution in [3.05, 3.63) is 59.7 Å². The molecule has 0 aliphatic heterocycles. The van der Waals surface area contributed by atoms with Crippen LogP contribution in [-0.2, 0) is 19.2 Å². The van der Waals surface area contributed by atoms with Gasteiger partial charge in [-0.05, 0) is 49.2 Å². The molecule has 0 bridgehead atoms. The van der Waals surface area contributed by atoms with Crippen molar-refractivity contribution in [1.29, 1.82) is 0 Å². The predicted molar refractivity (Wildman–Crippen MR) is 125 cm³/mol. The van der Waals surface area contributed by atoms with Gasteiger partial charge in [0.2, 0.25) is 0 Å². The van der Waals surface area contributed by atoms with E-state index < -0.39 is 24.1 Å². The van der Waals surface area contributed by atoms with E-state index in [-0.39, 0.29) is 25.0 Å². The maximum absolute atomic E-state index is 10.7. The smallest absolute Gasteiger partial charge is 0.335 e. The van der Waals surface area contributed by atoms with Crippen LogP contribution < -0.4 is 32.0 Å². The molecular weight excluding hydrogens is 480 g/mol. The number of carbonyl (C=O) groups excluding carboxylic acids is 2. The van der Waals surface area contributed by atoms with Crippen molar-refractivity contribution in [3.8, 4) is 11.5 Å². The van der Waals surface area contributed by atoms with Gasteiger partial charge in [0.05, 0.1) is 0 Å². The van der Waals surface area contributed by atoms with Crippen molar-refractivity contribution in [1.82, 2.24) is 10.9 Å². The molecular formula is C22H30N4O10. The summed E-state index contributed by atoms with van der Waals surface area (Å²) in [7, 11) is 0. The normalized spacial score (nSPS) is 11.2. The SMILES string of the molecule is Cc1cccc(OCC(=O)NN)c1.Cc1cccc(OCC(=O)NN)c1.O=C(O)C(O)C(O)C(=O)O. The highest BCUT2D eigenvalue weighted by atomic mass is 16.5. The van der Waals surface area contributed by atoms with E-state index in [1.807, 2.05) is 61.1 Å². The van der Waals surface area contributed by atoms with Gasteiger partial charge in [-0.1, -0.05) is 24.3 Å². The van der Waals surface area contributed by atoms with E-state index in [4.69, 9.17) is 41.6 Å². The molecule has 2 atom stereocenters. The number of nitrogens with one attached hydrogen (secondary N) is 2. The van der Waals surface area contributed by atoms with Crippen LogP contribution in [0, 0.1) is 13.8 Å². The number of ether oxygens (including phenoxy) is 2. The summed E-state index contributed by atoms with van der Waals surface area (Å²) in [5, 5.41) is 32.5. The Morgan fingerprint density at radius 1 is 0.750 bits per heavy atom. The summed E-state index contributed by atoms with van der Waals surface area (Å²) in [6.07, 6.45) is -4.53. The summed E-state index contributed by atoms with van der Waals surface area (Å²) in [6.45, 7) is 3.80. The number of hydrogen-bond acceptors (Lipinski definition) is 10. The van der Waals surface area contributed by atoms with Crippen molar-refractivity contribution in [3.63, 3.8) is 0 Å². The van der Waals surface area contributed by atoms with Crippen LogP contribution in [0.4, 0.5) is 0 Å². The second-order valence-electron chi connectivity index (χ2n) is 6.91. The first-order chi connectivity index (χ1) is 16.9. The zero-order chi connectivity index (χ0) is 27.7. The molecule has 0 aliphatic rings. The first-order valence-corrected chi connectivity index (χ1v) is 10.1. The summed E-state index contributed by atoms with van der Waals surface area (Å²) in [6, 6.07) is 14.9. The largest absolute Gasteiger partial charge is 0.484 e. The van der Waals surface area contributed by atoms with E-state index in [2.05, 4.69) is 0 Å². The standard InChI is InChI=1S/2C9H12N2O2.C4H6O6/c2*1-7-3-2-4-8(5-7)13-6-9(12)11-10;5-1(3(7)8)2(6)4(9)10/h2*2-5H,6,10H2,1H3,(H,11,12);1-2,5-6H,(H,7,8)(H,9,10). The Balaban J connectivity index is 0.000000517. The van der Waals surface area contributed by atoms with Gasteiger partial charge in [-0.3, -0.25) is 20.4 Å². The second kappa shape index (κ2) is 17.2. The molecule has 0 spiro atoms. The number of nitrogens with two attached hydrogens (primary N) is 2. The minimum Gasteiger partial charge on any atom is -0.484 e. The molecule has 2 aromatic rings. The molecule has 36 heavy (non-hydrogen) atoms. The average molecular weight is 511 g/mol. The Hall–Kier alpha value is -4.24. The highest BCUT2D eigenvalue weighted by Gasteiger charge is 2.29. The minimum atomic E-state index is -2.27. The molecule has 198 valence electrons. The van der Waals surface area contributed by atoms with E-state index in [9.17, 15) is 19.2 Å². The zero-order valence-corrected chi connectivity index (χ0v) is 19.6. The van der Waals surface area contributed by atoms with Crippen LogP contribution in [0.15, 0.2) is 48.5 Å². The number of carbonyl (C=O) groups is 4. The molecule has 0 heterocycles. The maximum atomic E-state index is 10.7. The van der Waals surface area contributed by atoms with Gasteiger partial charge in [-0.25, -0.2) is 21.3 Å². The van der Waals surface area contributed by atoms with Gasteiger partial charge in [0.25, 0.3) is 11.8 Å². The van der Waals surface area contributed by atoms with E-state index in [1.165, 1.54) is 0 Å². The maximum Gasteiger partial charge on any atom is 0.335 e. The summed E-state index contributed by atoms with van der Waals surface area (Å²) < 4.78 is 10.3.